The van der Waals surface area contributed by atoms with Crippen molar-refractivity contribution < 1.29 is 4.79 Å². The maximum Gasteiger partial charge on any atom is 0.276 e. The number of rotatable bonds is 2. The number of pyridine rings is 1. The summed E-state index contributed by atoms with van der Waals surface area (Å²) in [7, 11) is 0. The first-order valence-electron chi connectivity index (χ1n) is 5.93. The smallest absolute Gasteiger partial charge is 0.276 e. The number of hydrogen-bond acceptors (Lipinski definition) is 4. The van der Waals surface area contributed by atoms with Crippen molar-refractivity contribution in [1.29, 1.82) is 0 Å². The Morgan fingerprint density at radius 2 is 2.15 bits per heavy atom. The summed E-state index contributed by atoms with van der Waals surface area (Å²) in [5.41, 5.74) is 2.20. The number of fused-ring (bicyclic) bond motifs is 1. The topological polar surface area (TPSA) is 54.9 Å². The summed E-state index contributed by atoms with van der Waals surface area (Å²) in [5, 5.41) is 3.91. The van der Waals surface area contributed by atoms with Gasteiger partial charge in [0.05, 0.1) is 15.2 Å². The van der Waals surface area contributed by atoms with Gasteiger partial charge in [0, 0.05) is 6.20 Å². The van der Waals surface area contributed by atoms with Gasteiger partial charge in [-0.2, -0.15) is 0 Å². The highest BCUT2D eigenvalue weighted by atomic mass is 35.5. The van der Waals surface area contributed by atoms with Crippen molar-refractivity contribution in [3.8, 4) is 0 Å². The van der Waals surface area contributed by atoms with Gasteiger partial charge < -0.3 is 0 Å². The maximum atomic E-state index is 12.0. The van der Waals surface area contributed by atoms with E-state index in [2.05, 4.69) is 15.3 Å². The molecule has 0 aliphatic heterocycles. The summed E-state index contributed by atoms with van der Waals surface area (Å²) in [6.45, 7) is 1.96. The summed E-state index contributed by atoms with van der Waals surface area (Å²) >= 11 is 7.50. The van der Waals surface area contributed by atoms with Gasteiger partial charge in [0.1, 0.15) is 5.69 Å². The Bertz CT molecular complexity index is 747. The molecule has 6 heteroatoms. The van der Waals surface area contributed by atoms with Crippen LogP contribution in [0.4, 0.5) is 5.13 Å². The molecule has 0 fully saturated rings. The largest absolute Gasteiger partial charge is 0.296 e. The summed E-state index contributed by atoms with van der Waals surface area (Å²) in [6, 6.07) is 8.93. The lowest BCUT2D eigenvalue weighted by molar-refractivity contribution is 0.102. The summed E-state index contributed by atoms with van der Waals surface area (Å²) in [6.07, 6.45) is 1.58. The van der Waals surface area contributed by atoms with Crippen LogP contribution in [0.25, 0.3) is 10.2 Å². The Kier molecular flexibility index (Phi) is 3.38. The zero-order valence-electron chi connectivity index (χ0n) is 10.6. The summed E-state index contributed by atoms with van der Waals surface area (Å²) in [5.74, 6) is -0.279. The number of aromatic nitrogens is 2. The molecule has 1 N–H and O–H groups in total. The lowest BCUT2D eigenvalue weighted by Crippen LogP contribution is -2.12. The Labute approximate surface area is 124 Å². The maximum absolute atomic E-state index is 12.0. The number of nitrogens with zero attached hydrogens (tertiary/aromatic N) is 2. The molecule has 0 saturated carbocycles. The third kappa shape index (κ3) is 2.37. The van der Waals surface area contributed by atoms with Gasteiger partial charge >= 0.3 is 0 Å². The van der Waals surface area contributed by atoms with Crippen LogP contribution in [0.3, 0.4) is 0 Å². The number of benzene rings is 1. The van der Waals surface area contributed by atoms with Gasteiger partial charge in [-0.25, -0.2) is 4.98 Å². The third-order valence-electron chi connectivity index (χ3n) is 2.82. The van der Waals surface area contributed by atoms with Crippen molar-refractivity contribution in [3.63, 3.8) is 0 Å². The standard InChI is InChI=1S/C14H10ClN3OS/c1-8-5-6-9(15)12-11(8)17-14(20-12)18-13(19)10-4-2-3-7-16-10/h2-7H,1H3,(H,17,18,19). The Morgan fingerprint density at radius 3 is 2.85 bits per heavy atom. The molecule has 100 valence electrons. The van der Waals surface area contributed by atoms with Crippen LogP contribution in [0.5, 0.6) is 0 Å². The fourth-order valence-electron chi connectivity index (χ4n) is 1.81. The molecule has 0 spiro atoms. The molecule has 0 unspecified atom stereocenters. The second-order valence-corrected chi connectivity index (χ2v) is 5.64. The molecule has 0 aliphatic rings. The predicted molar refractivity (Wildman–Crippen MR) is 81.6 cm³/mol. The number of amides is 1. The van der Waals surface area contributed by atoms with Gasteiger partial charge in [0.15, 0.2) is 5.13 Å². The molecule has 0 radical (unpaired) electrons. The monoisotopic (exact) mass is 303 g/mol. The van der Waals surface area contributed by atoms with Crippen LogP contribution in [-0.2, 0) is 0 Å². The molecule has 0 saturated heterocycles. The van der Waals surface area contributed by atoms with Gasteiger partial charge in [-0.05, 0) is 30.7 Å². The van der Waals surface area contributed by atoms with Crippen molar-refractivity contribution in [2.45, 2.75) is 6.92 Å². The Balaban J connectivity index is 1.94. The number of nitrogens with one attached hydrogen (secondary N) is 1. The summed E-state index contributed by atoms with van der Waals surface area (Å²) < 4.78 is 0.878. The van der Waals surface area contributed by atoms with E-state index in [1.165, 1.54) is 11.3 Å². The molecule has 20 heavy (non-hydrogen) atoms. The second-order valence-electron chi connectivity index (χ2n) is 4.23. The fraction of sp³-hybridized carbons (Fsp3) is 0.0714. The molecule has 4 nitrogen and oxygen atoms in total. The third-order valence-corrected chi connectivity index (χ3v) is 4.25. The van der Waals surface area contributed by atoms with Crippen LogP contribution in [0.15, 0.2) is 36.5 Å². The zero-order valence-corrected chi connectivity index (χ0v) is 12.1. The number of carbonyl (C=O) groups excluding carboxylic acids is 1. The first-order chi connectivity index (χ1) is 9.65. The molecule has 0 aliphatic carbocycles. The SMILES string of the molecule is Cc1ccc(Cl)c2sc(NC(=O)c3ccccn3)nc12. The van der Waals surface area contributed by atoms with Crippen LogP contribution >= 0.6 is 22.9 Å². The predicted octanol–water partition coefficient (Wildman–Crippen LogP) is 3.91. The van der Waals surface area contributed by atoms with Gasteiger partial charge in [0.2, 0.25) is 0 Å². The van der Waals surface area contributed by atoms with Crippen molar-refractivity contribution in [2.24, 2.45) is 0 Å². The molecule has 2 aromatic heterocycles. The zero-order chi connectivity index (χ0) is 14.1. The van der Waals surface area contributed by atoms with Gasteiger partial charge in [-0.1, -0.05) is 35.1 Å². The number of hydrogen-bond donors (Lipinski definition) is 1. The molecule has 1 amide bonds. The molecule has 2 heterocycles. The van der Waals surface area contributed by atoms with Gasteiger partial charge in [0.25, 0.3) is 5.91 Å². The molecular weight excluding hydrogens is 294 g/mol. The van der Waals surface area contributed by atoms with Crippen LogP contribution < -0.4 is 5.32 Å². The van der Waals surface area contributed by atoms with Crippen molar-refractivity contribution in [3.05, 3.63) is 52.8 Å². The van der Waals surface area contributed by atoms with Crippen LogP contribution in [0.1, 0.15) is 16.1 Å². The highest BCUT2D eigenvalue weighted by Crippen LogP contribution is 2.33. The lowest BCUT2D eigenvalue weighted by atomic mass is 10.2. The number of thiazole rings is 1. The Hall–Kier alpha value is -1.98. The van der Waals surface area contributed by atoms with E-state index in [1.54, 1.807) is 24.4 Å². The molecule has 0 bridgehead atoms. The number of aryl methyl sites for hydroxylation is 1. The van der Waals surface area contributed by atoms with Crippen molar-refractivity contribution in [1.82, 2.24) is 9.97 Å². The van der Waals surface area contributed by atoms with E-state index in [1.807, 2.05) is 19.1 Å². The van der Waals surface area contributed by atoms with Crippen LogP contribution in [-0.4, -0.2) is 15.9 Å². The number of halogens is 1. The van der Waals surface area contributed by atoms with E-state index >= 15 is 0 Å². The minimum Gasteiger partial charge on any atom is -0.296 e. The van der Waals surface area contributed by atoms with E-state index in [0.29, 0.717) is 15.8 Å². The van der Waals surface area contributed by atoms with Gasteiger partial charge in [-0.15, -0.1) is 0 Å². The molecule has 3 aromatic rings. The van der Waals surface area contributed by atoms with Gasteiger partial charge in [-0.3, -0.25) is 15.1 Å². The molecule has 0 atom stereocenters. The molecule has 3 rings (SSSR count). The fourth-order valence-corrected chi connectivity index (χ4v) is 3.02. The summed E-state index contributed by atoms with van der Waals surface area (Å²) in [4.78, 5) is 20.4. The molecule has 1 aromatic carbocycles. The molecular formula is C14H10ClN3OS. The first-order valence-corrected chi connectivity index (χ1v) is 7.12. The van der Waals surface area contributed by atoms with Crippen molar-refractivity contribution in [2.75, 3.05) is 5.32 Å². The highest BCUT2D eigenvalue weighted by Gasteiger charge is 2.13. The quantitative estimate of drug-likeness (QED) is 0.781. The average Bonchev–Trinajstić information content (AvgIpc) is 2.89. The first kappa shape index (κ1) is 13.0. The second kappa shape index (κ2) is 5.19. The van der Waals surface area contributed by atoms with Crippen LogP contribution in [0, 0.1) is 6.92 Å². The van der Waals surface area contributed by atoms with E-state index in [4.69, 9.17) is 11.6 Å². The lowest BCUT2D eigenvalue weighted by Gasteiger charge is -1.99. The van der Waals surface area contributed by atoms with E-state index in [0.717, 1.165) is 15.8 Å². The Morgan fingerprint density at radius 1 is 1.30 bits per heavy atom. The average molecular weight is 304 g/mol. The van der Waals surface area contributed by atoms with E-state index in [9.17, 15) is 4.79 Å². The van der Waals surface area contributed by atoms with E-state index < -0.39 is 0 Å². The number of carbonyl (C=O) groups is 1. The highest BCUT2D eigenvalue weighted by molar-refractivity contribution is 7.23. The van der Waals surface area contributed by atoms with Crippen LogP contribution in [0.2, 0.25) is 5.02 Å². The van der Waals surface area contributed by atoms with Crippen molar-refractivity contribution >= 4 is 44.2 Å². The van der Waals surface area contributed by atoms with E-state index in [-0.39, 0.29) is 5.91 Å². The number of anilines is 1. The minimum atomic E-state index is -0.279. The minimum absolute atomic E-state index is 0.279. The normalized spacial score (nSPS) is 10.7.